The monoisotopic (exact) mass is 437 g/mol. The molecule has 1 unspecified atom stereocenters. The lowest BCUT2D eigenvalue weighted by Gasteiger charge is -2.44. The van der Waals surface area contributed by atoms with Crippen molar-refractivity contribution in [3.05, 3.63) is 53.0 Å². The average Bonchev–Trinajstić information content (AvgIpc) is 3.50. The second-order valence-electron chi connectivity index (χ2n) is 8.77. The van der Waals surface area contributed by atoms with Gasteiger partial charge in [0.25, 0.3) is 5.91 Å². The molecule has 7 heteroatoms. The normalized spacial score (nSPS) is 21.5. The van der Waals surface area contributed by atoms with E-state index in [9.17, 15) is 9.59 Å². The van der Waals surface area contributed by atoms with Crippen LogP contribution in [0.1, 0.15) is 48.7 Å². The van der Waals surface area contributed by atoms with E-state index in [1.165, 1.54) is 0 Å². The first-order valence-electron chi connectivity index (χ1n) is 10.8. The first-order valence-corrected chi connectivity index (χ1v) is 11.7. The number of methoxy groups -OCH3 is 1. The van der Waals surface area contributed by atoms with Gasteiger partial charge in [-0.25, -0.2) is 0 Å². The summed E-state index contributed by atoms with van der Waals surface area (Å²) in [7, 11) is 1.63. The minimum Gasteiger partial charge on any atom is -0.497 e. The van der Waals surface area contributed by atoms with Crippen molar-refractivity contribution in [2.45, 2.75) is 57.3 Å². The summed E-state index contributed by atoms with van der Waals surface area (Å²) in [6.45, 7) is 2.70. The summed E-state index contributed by atoms with van der Waals surface area (Å²) in [6, 6.07) is 11.9. The molecular formula is C24H27N3O3S. The molecule has 1 saturated carbocycles. The average molecular weight is 438 g/mol. The number of carbonyl (C=O) groups excluding carboxylic acids is 2. The molecule has 2 aromatic heterocycles. The lowest BCUT2D eigenvalue weighted by atomic mass is 9.93. The maximum absolute atomic E-state index is 13.7. The molecule has 1 atom stereocenters. The van der Waals surface area contributed by atoms with Crippen molar-refractivity contribution in [1.82, 2.24) is 14.8 Å². The molecule has 0 spiro atoms. The fourth-order valence-electron chi connectivity index (χ4n) is 4.87. The van der Waals surface area contributed by atoms with Gasteiger partial charge >= 0.3 is 0 Å². The van der Waals surface area contributed by atoms with E-state index in [0.717, 1.165) is 47.2 Å². The predicted molar refractivity (Wildman–Crippen MR) is 121 cm³/mol. The Bertz CT molecular complexity index is 1140. The summed E-state index contributed by atoms with van der Waals surface area (Å²) in [5, 5.41) is 6.33. The summed E-state index contributed by atoms with van der Waals surface area (Å²) in [5.74, 6) is 0.559. The Morgan fingerprint density at radius 3 is 2.84 bits per heavy atom. The number of hydrogen-bond donors (Lipinski definition) is 1. The van der Waals surface area contributed by atoms with Gasteiger partial charge in [0.15, 0.2) is 0 Å². The largest absolute Gasteiger partial charge is 0.497 e. The van der Waals surface area contributed by atoms with E-state index in [-0.39, 0.29) is 17.9 Å². The maximum atomic E-state index is 13.7. The highest BCUT2D eigenvalue weighted by Gasteiger charge is 2.48. The SMILES string of the molecule is COc1cccc(CN2C(=O)c3cc4ccsc4n3CC2(C)C(=O)NC2CCCC2)c1. The molecule has 1 N–H and O–H groups in total. The first kappa shape index (κ1) is 20.1. The number of hydrogen-bond acceptors (Lipinski definition) is 4. The molecule has 6 nitrogen and oxygen atoms in total. The molecule has 1 fully saturated rings. The van der Waals surface area contributed by atoms with Crippen LogP contribution in [0.2, 0.25) is 0 Å². The number of aromatic nitrogens is 1. The summed E-state index contributed by atoms with van der Waals surface area (Å²) < 4.78 is 7.39. The molecule has 0 saturated heterocycles. The van der Waals surface area contributed by atoms with Crippen LogP contribution in [-0.4, -0.2) is 40.0 Å². The number of rotatable bonds is 5. The Labute approximate surface area is 185 Å². The highest BCUT2D eigenvalue weighted by Crippen LogP contribution is 2.36. The lowest BCUT2D eigenvalue weighted by Crippen LogP contribution is -2.64. The third-order valence-corrected chi connectivity index (χ3v) is 7.63. The van der Waals surface area contributed by atoms with E-state index in [2.05, 4.69) is 5.32 Å². The van der Waals surface area contributed by atoms with Crippen LogP contribution in [0.5, 0.6) is 5.75 Å². The van der Waals surface area contributed by atoms with Crippen LogP contribution in [0.15, 0.2) is 41.8 Å². The summed E-state index contributed by atoms with van der Waals surface area (Å²) in [6.07, 6.45) is 4.31. The Kier molecular flexibility index (Phi) is 5.01. The number of nitrogens with one attached hydrogen (secondary N) is 1. The zero-order valence-corrected chi connectivity index (χ0v) is 18.7. The van der Waals surface area contributed by atoms with Crippen molar-refractivity contribution >= 4 is 33.4 Å². The highest BCUT2D eigenvalue weighted by molar-refractivity contribution is 7.16. The van der Waals surface area contributed by atoms with Gasteiger partial charge in [0, 0.05) is 18.0 Å². The Balaban J connectivity index is 1.54. The van der Waals surface area contributed by atoms with Gasteiger partial charge in [-0.15, -0.1) is 11.3 Å². The fourth-order valence-corrected chi connectivity index (χ4v) is 5.77. The minimum absolute atomic E-state index is 0.0697. The van der Waals surface area contributed by atoms with Gasteiger partial charge in [0.2, 0.25) is 5.91 Å². The number of nitrogens with zero attached hydrogens (tertiary/aromatic N) is 2. The zero-order valence-electron chi connectivity index (χ0n) is 17.9. The number of ether oxygens (including phenoxy) is 1. The Morgan fingerprint density at radius 2 is 2.06 bits per heavy atom. The van der Waals surface area contributed by atoms with Crippen LogP contribution in [0.4, 0.5) is 0 Å². The van der Waals surface area contributed by atoms with E-state index in [0.29, 0.717) is 18.8 Å². The molecule has 1 aromatic carbocycles. The van der Waals surface area contributed by atoms with Crippen LogP contribution >= 0.6 is 11.3 Å². The molecule has 1 aliphatic heterocycles. The molecule has 0 bridgehead atoms. The third-order valence-electron chi connectivity index (χ3n) is 6.68. The van der Waals surface area contributed by atoms with Crippen molar-refractivity contribution in [2.75, 3.05) is 7.11 Å². The van der Waals surface area contributed by atoms with Crippen molar-refractivity contribution in [2.24, 2.45) is 0 Å². The van der Waals surface area contributed by atoms with Crippen LogP contribution in [0.3, 0.4) is 0 Å². The number of carbonyl (C=O) groups is 2. The second-order valence-corrected chi connectivity index (χ2v) is 9.66. The van der Waals surface area contributed by atoms with Gasteiger partial charge < -0.3 is 19.5 Å². The molecule has 3 heterocycles. The number of amides is 2. The first-order chi connectivity index (χ1) is 15.0. The van der Waals surface area contributed by atoms with Crippen LogP contribution in [0.25, 0.3) is 10.2 Å². The number of fused-ring (bicyclic) bond motifs is 3. The van der Waals surface area contributed by atoms with Gasteiger partial charge in [-0.3, -0.25) is 9.59 Å². The standard InChI is InChI=1S/C24H27N3O3S/c1-24(23(29)25-18-7-3-4-8-18)15-26-20(13-17-10-11-31-22(17)26)21(28)27(24)14-16-6-5-9-19(12-16)30-2/h5-6,9-13,18H,3-4,7-8,14-15H2,1-2H3,(H,25,29). The topological polar surface area (TPSA) is 63.6 Å². The number of benzene rings is 1. The maximum Gasteiger partial charge on any atom is 0.271 e. The van der Waals surface area contributed by atoms with Crippen molar-refractivity contribution in [1.29, 1.82) is 0 Å². The summed E-state index contributed by atoms with van der Waals surface area (Å²) in [5.41, 5.74) is 0.608. The third kappa shape index (κ3) is 3.41. The summed E-state index contributed by atoms with van der Waals surface area (Å²) >= 11 is 1.61. The van der Waals surface area contributed by atoms with Gasteiger partial charge in [-0.05, 0) is 55.0 Å². The molecule has 2 amide bonds. The molecule has 31 heavy (non-hydrogen) atoms. The quantitative estimate of drug-likeness (QED) is 0.651. The van der Waals surface area contributed by atoms with E-state index in [4.69, 9.17) is 4.74 Å². The van der Waals surface area contributed by atoms with Gasteiger partial charge in [0.05, 0.1) is 13.7 Å². The van der Waals surface area contributed by atoms with Crippen molar-refractivity contribution < 1.29 is 14.3 Å². The van der Waals surface area contributed by atoms with E-state index in [1.54, 1.807) is 23.3 Å². The predicted octanol–water partition coefficient (Wildman–Crippen LogP) is 4.18. The Morgan fingerprint density at radius 1 is 1.26 bits per heavy atom. The second kappa shape index (κ2) is 7.71. The highest BCUT2D eigenvalue weighted by atomic mass is 32.1. The molecule has 0 radical (unpaired) electrons. The zero-order chi connectivity index (χ0) is 21.6. The van der Waals surface area contributed by atoms with Crippen LogP contribution in [0, 0.1) is 0 Å². The lowest BCUT2D eigenvalue weighted by molar-refractivity contribution is -0.133. The summed E-state index contributed by atoms with van der Waals surface area (Å²) in [4.78, 5) is 30.1. The van der Waals surface area contributed by atoms with Crippen molar-refractivity contribution in [3.63, 3.8) is 0 Å². The number of thiophene rings is 1. The van der Waals surface area contributed by atoms with Crippen LogP contribution in [-0.2, 0) is 17.9 Å². The van der Waals surface area contributed by atoms with Gasteiger partial charge in [-0.2, -0.15) is 0 Å². The minimum atomic E-state index is -0.980. The molecule has 5 rings (SSSR count). The van der Waals surface area contributed by atoms with E-state index >= 15 is 0 Å². The van der Waals surface area contributed by atoms with Crippen molar-refractivity contribution in [3.8, 4) is 5.75 Å². The van der Waals surface area contributed by atoms with Gasteiger partial charge in [0.1, 0.15) is 21.8 Å². The molecule has 3 aromatic rings. The molecule has 162 valence electrons. The molecule has 2 aliphatic rings. The Hall–Kier alpha value is -2.80. The van der Waals surface area contributed by atoms with E-state index in [1.807, 2.05) is 53.3 Å². The molecule has 1 aliphatic carbocycles. The fraction of sp³-hybridized carbons (Fsp3) is 0.417. The smallest absolute Gasteiger partial charge is 0.271 e. The van der Waals surface area contributed by atoms with E-state index < -0.39 is 5.54 Å². The van der Waals surface area contributed by atoms with Gasteiger partial charge in [-0.1, -0.05) is 25.0 Å². The molecular weight excluding hydrogens is 410 g/mol. The van der Waals surface area contributed by atoms with Crippen LogP contribution < -0.4 is 10.1 Å².